The third-order valence-corrected chi connectivity index (χ3v) is 3.65. The van der Waals surface area contributed by atoms with Crippen molar-refractivity contribution in [2.75, 3.05) is 10.6 Å². The van der Waals surface area contributed by atoms with Crippen LogP contribution in [0.2, 0.25) is 5.02 Å². The third-order valence-electron chi connectivity index (χ3n) is 3.22. The number of nitrogens with one attached hydrogen (secondary N) is 2. The summed E-state index contributed by atoms with van der Waals surface area (Å²) in [5.41, 5.74) is 0. The average molecular weight is 309 g/mol. The zero-order chi connectivity index (χ0) is 13.9. The molecule has 0 amide bonds. The van der Waals surface area contributed by atoms with Crippen LogP contribution in [0.15, 0.2) is 28.9 Å². The number of aromatic nitrogens is 2. The first-order chi connectivity index (χ1) is 9.70. The minimum Gasteiger partial charge on any atom is -0.428 e. The normalized spacial score (nSPS) is 14.7. The zero-order valence-corrected chi connectivity index (χ0v) is 12.2. The molecule has 1 fully saturated rings. The summed E-state index contributed by atoms with van der Waals surface area (Å²) < 4.78 is 5.62. The van der Waals surface area contributed by atoms with E-state index in [0.29, 0.717) is 27.9 Å². The molecular weight excluding hydrogens is 296 g/mol. The summed E-state index contributed by atoms with van der Waals surface area (Å²) in [5, 5.41) is 6.77. The van der Waals surface area contributed by atoms with Gasteiger partial charge in [-0.3, -0.25) is 5.32 Å². The van der Waals surface area contributed by atoms with Crippen molar-refractivity contribution in [2.45, 2.75) is 25.2 Å². The van der Waals surface area contributed by atoms with Gasteiger partial charge in [-0.05, 0) is 37.2 Å². The van der Waals surface area contributed by atoms with Crippen molar-refractivity contribution in [1.29, 1.82) is 0 Å². The molecule has 2 aromatic rings. The largest absolute Gasteiger partial charge is 0.428 e. The molecule has 2 N–H and O–H groups in total. The van der Waals surface area contributed by atoms with Crippen molar-refractivity contribution in [1.82, 2.24) is 9.97 Å². The number of pyridine rings is 1. The Balaban J connectivity index is 1.59. The van der Waals surface area contributed by atoms with E-state index in [-0.39, 0.29) is 0 Å². The van der Waals surface area contributed by atoms with Crippen LogP contribution in [0.1, 0.15) is 30.9 Å². The first kappa shape index (κ1) is 13.3. The molecule has 0 saturated heterocycles. The zero-order valence-electron chi connectivity index (χ0n) is 10.6. The van der Waals surface area contributed by atoms with Gasteiger partial charge in [-0.1, -0.05) is 18.0 Å². The number of halogens is 1. The Labute approximate surface area is 126 Å². The predicted molar refractivity (Wildman–Crippen MR) is 82.2 cm³/mol. The molecule has 104 valence electrons. The van der Waals surface area contributed by atoms with Crippen LogP contribution >= 0.6 is 23.8 Å². The van der Waals surface area contributed by atoms with E-state index < -0.39 is 0 Å². The lowest BCUT2D eigenvalue weighted by atomic mass is 9.84. The third kappa shape index (κ3) is 3.08. The number of hydrogen-bond donors (Lipinski definition) is 2. The molecule has 0 atom stereocenters. The van der Waals surface area contributed by atoms with Gasteiger partial charge in [-0.2, -0.15) is 0 Å². The highest BCUT2D eigenvalue weighted by Gasteiger charge is 2.23. The highest BCUT2D eigenvalue weighted by Crippen LogP contribution is 2.37. The number of thiocarbonyl (C=S) groups is 1. The van der Waals surface area contributed by atoms with Crippen LogP contribution in [0.3, 0.4) is 0 Å². The quantitative estimate of drug-likeness (QED) is 0.841. The second kappa shape index (κ2) is 5.76. The van der Waals surface area contributed by atoms with E-state index in [4.69, 9.17) is 28.2 Å². The van der Waals surface area contributed by atoms with Crippen LogP contribution in [0.4, 0.5) is 11.8 Å². The molecule has 7 heteroatoms. The Hall–Kier alpha value is -1.66. The molecule has 0 aromatic carbocycles. The maximum Gasteiger partial charge on any atom is 0.301 e. The molecule has 0 aliphatic heterocycles. The summed E-state index contributed by atoms with van der Waals surface area (Å²) in [6, 6.07) is 3.78. The summed E-state index contributed by atoms with van der Waals surface area (Å²) >= 11 is 11.0. The van der Waals surface area contributed by atoms with Gasteiger partial charge in [0.2, 0.25) is 0 Å². The second-order valence-corrected chi connectivity index (χ2v) is 5.48. The van der Waals surface area contributed by atoms with Gasteiger partial charge in [0.25, 0.3) is 0 Å². The Morgan fingerprint density at radius 1 is 1.35 bits per heavy atom. The maximum atomic E-state index is 5.87. The van der Waals surface area contributed by atoms with Crippen molar-refractivity contribution < 1.29 is 4.42 Å². The van der Waals surface area contributed by atoms with Gasteiger partial charge in [-0.15, -0.1) is 0 Å². The van der Waals surface area contributed by atoms with E-state index in [0.717, 1.165) is 5.76 Å². The van der Waals surface area contributed by atoms with Crippen LogP contribution in [0, 0.1) is 0 Å². The number of anilines is 2. The summed E-state index contributed by atoms with van der Waals surface area (Å²) in [6.45, 7) is 0. The van der Waals surface area contributed by atoms with Crippen LogP contribution in [-0.2, 0) is 0 Å². The molecule has 3 rings (SSSR count). The van der Waals surface area contributed by atoms with Crippen LogP contribution in [0.25, 0.3) is 0 Å². The molecule has 2 heterocycles. The summed E-state index contributed by atoms with van der Waals surface area (Å²) in [6.07, 6.45) is 6.96. The summed E-state index contributed by atoms with van der Waals surface area (Å²) in [4.78, 5) is 8.27. The molecule has 0 radical (unpaired) electrons. The van der Waals surface area contributed by atoms with Gasteiger partial charge >= 0.3 is 6.01 Å². The van der Waals surface area contributed by atoms with E-state index >= 15 is 0 Å². The first-order valence-corrected chi connectivity index (χ1v) is 7.14. The fourth-order valence-electron chi connectivity index (χ4n) is 1.94. The van der Waals surface area contributed by atoms with Crippen molar-refractivity contribution in [3.63, 3.8) is 0 Å². The lowest BCUT2D eigenvalue weighted by Crippen LogP contribution is -2.19. The fraction of sp³-hybridized carbons (Fsp3) is 0.308. The van der Waals surface area contributed by atoms with Crippen molar-refractivity contribution in [3.8, 4) is 0 Å². The summed E-state index contributed by atoms with van der Waals surface area (Å²) in [5.74, 6) is 2.00. The Bertz CT molecular complexity index is 626. The molecule has 1 aliphatic carbocycles. The van der Waals surface area contributed by atoms with Crippen molar-refractivity contribution in [3.05, 3.63) is 35.3 Å². The van der Waals surface area contributed by atoms with Crippen LogP contribution in [0.5, 0.6) is 0 Å². The van der Waals surface area contributed by atoms with Gasteiger partial charge in [0.1, 0.15) is 11.6 Å². The van der Waals surface area contributed by atoms with Gasteiger partial charge in [0, 0.05) is 17.1 Å². The molecule has 1 aliphatic rings. The van der Waals surface area contributed by atoms with Gasteiger partial charge in [-0.25, -0.2) is 9.97 Å². The molecular formula is C13H13ClN4OS. The summed E-state index contributed by atoms with van der Waals surface area (Å²) in [7, 11) is 0. The first-order valence-electron chi connectivity index (χ1n) is 6.36. The molecule has 1 saturated carbocycles. The maximum absolute atomic E-state index is 5.87. The smallest absolute Gasteiger partial charge is 0.301 e. The van der Waals surface area contributed by atoms with Crippen molar-refractivity contribution in [2.24, 2.45) is 0 Å². The predicted octanol–water partition coefficient (Wildman–Crippen LogP) is 3.80. The average Bonchev–Trinajstić information content (AvgIpc) is 2.74. The van der Waals surface area contributed by atoms with Crippen molar-refractivity contribution >= 4 is 40.8 Å². The highest BCUT2D eigenvalue weighted by molar-refractivity contribution is 7.80. The van der Waals surface area contributed by atoms with E-state index in [2.05, 4.69) is 20.6 Å². The second-order valence-electron chi connectivity index (χ2n) is 4.63. The number of hydrogen-bond acceptors (Lipinski definition) is 4. The lowest BCUT2D eigenvalue weighted by molar-refractivity contribution is 0.351. The fourth-order valence-corrected chi connectivity index (χ4v) is 2.30. The van der Waals surface area contributed by atoms with E-state index in [1.165, 1.54) is 19.3 Å². The molecule has 0 bridgehead atoms. The standard InChI is InChI=1S/C13H13ClN4OS/c14-9-4-5-15-11(6-9)17-13(20)18-12-16-7-10(19-12)8-2-1-3-8/h4-8H,1-3H2,(H2,15,16,17,18,20). The van der Waals surface area contributed by atoms with Crippen LogP contribution in [-0.4, -0.2) is 15.1 Å². The van der Waals surface area contributed by atoms with Gasteiger partial charge < -0.3 is 9.73 Å². The Morgan fingerprint density at radius 3 is 2.90 bits per heavy atom. The van der Waals surface area contributed by atoms with Crippen LogP contribution < -0.4 is 10.6 Å². The minimum absolute atomic E-state index is 0.363. The number of nitrogens with zero attached hydrogens (tertiary/aromatic N) is 2. The van der Waals surface area contributed by atoms with E-state index in [9.17, 15) is 0 Å². The molecule has 5 nitrogen and oxygen atoms in total. The Morgan fingerprint density at radius 2 is 2.20 bits per heavy atom. The molecule has 0 unspecified atom stereocenters. The monoisotopic (exact) mass is 308 g/mol. The topological polar surface area (TPSA) is 63.0 Å². The van der Waals surface area contributed by atoms with Gasteiger partial charge in [0.15, 0.2) is 5.11 Å². The Kier molecular flexibility index (Phi) is 3.84. The number of rotatable bonds is 3. The van der Waals surface area contributed by atoms with Gasteiger partial charge in [0.05, 0.1) is 6.20 Å². The molecule has 2 aromatic heterocycles. The SMILES string of the molecule is S=C(Nc1cc(Cl)ccn1)Nc1ncc(C2CCC2)o1. The van der Waals surface area contributed by atoms with E-state index in [1.54, 1.807) is 24.5 Å². The minimum atomic E-state index is 0.363. The highest BCUT2D eigenvalue weighted by atomic mass is 35.5. The number of oxazole rings is 1. The molecule has 20 heavy (non-hydrogen) atoms. The lowest BCUT2D eigenvalue weighted by Gasteiger charge is -2.22. The van der Waals surface area contributed by atoms with E-state index in [1.807, 2.05) is 0 Å². The molecule has 0 spiro atoms.